The molecule has 2 fully saturated rings. The molecule has 0 aliphatic carbocycles. The van der Waals surface area contributed by atoms with Crippen molar-refractivity contribution in [2.45, 2.75) is 69.0 Å². The number of carbonyl (C=O) groups is 2. The van der Waals surface area contributed by atoms with E-state index in [9.17, 15) is 18.0 Å². The van der Waals surface area contributed by atoms with Gasteiger partial charge in [0.15, 0.2) is 0 Å². The maximum atomic E-state index is 13.4. The van der Waals surface area contributed by atoms with Crippen molar-refractivity contribution in [3.63, 3.8) is 0 Å². The highest BCUT2D eigenvalue weighted by Gasteiger charge is 2.28. The summed E-state index contributed by atoms with van der Waals surface area (Å²) < 4.78 is 32.7. The van der Waals surface area contributed by atoms with Gasteiger partial charge in [-0.2, -0.15) is 4.31 Å². The molecule has 4 rings (SSSR count). The molecule has 0 saturated carbocycles. The molecule has 0 aromatic heterocycles. The van der Waals surface area contributed by atoms with Crippen LogP contribution in [-0.4, -0.2) is 67.8 Å². The monoisotopic (exact) mass is 561 g/mol. The van der Waals surface area contributed by atoms with E-state index in [0.717, 1.165) is 36.8 Å². The van der Waals surface area contributed by atoms with Crippen molar-refractivity contribution < 1.29 is 22.7 Å². The van der Waals surface area contributed by atoms with Crippen LogP contribution in [0.25, 0.3) is 0 Å². The zero-order chi connectivity index (χ0) is 27.1. The highest BCUT2D eigenvalue weighted by atomic mass is 35.5. The first kappa shape index (κ1) is 28.5. The van der Waals surface area contributed by atoms with Gasteiger partial charge in [-0.1, -0.05) is 35.9 Å². The van der Waals surface area contributed by atoms with E-state index in [1.807, 2.05) is 12.1 Å². The van der Waals surface area contributed by atoms with Crippen molar-refractivity contribution in [1.29, 1.82) is 0 Å². The molecule has 2 aliphatic heterocycles. The van der Waals surface area contributed by atoms with Crippen molar-refractivity contribution in [2.75, 3.05) is 26.2 Å². The Hall–Kier alpha value is -2.46. The van der Waals surface area contributed by atoms with Gasteiger partial charge in [-0.15, -0.1) is 0 Å². The number of rotatable bonds is 11. The third-order valence-corrected chi connectivity index (χ3v) is 9.38. The average Bonchev–Trinajstić information content (AvgIpc) is 3.65. The summed E-state index contributed by atoms with van der Waals surface area (Å²) >= 11 is 6.02. The summed E-state index contributed by atoms with van der Waals surface area (Å²) in [6, 6.07) is 13.3. The molecule has 38 heavy (non-hydrogen) atoms. The van der Waals surface area contributed by atoms with Gasteiger partial charge in [0.25, 0.3) is 0 Å². The number of nitrogens with one attached hydrogen (secondary N) is 1. The summed E-state index contributed by atoms with van der Waals surface area (Å²) in [6.45, 7) is 4.26. The summed E-state index contributed by atoms with van der Waals surface area (Å²) in [5.41, 5.74) is 1.73. The Morgan fingerprint density at radius 1 is 1.05 bits per heavy atom. The molecule has 10 heteroatoms. The summed E-state index contributed by atoms with van der Waals surface area (Å²) in [5.74, 6) is -0.382. The lowest BCUT2D eigenvalue weighted by Gasteiger charge is -2.29. The standard InChI is InChI=1S/C28H36ClN3O5S/c1-21(28(34)30-19-25-5-4-18-37-25)32(20-23-6-11-24(29)12-7-23)27(33)15-10-22-8-13-26(14-9-22)38(35,36)31-16-2-3-17-31/h6-9,11-14,21,25H,2-5,10,15-20H2,1H3,(H,30,34)/t21-,25-/m0/s1. The normalized spacial score (nSPS) is 18.8. The molecule has 2 aliphatic rings. The van der Waals surface area contributed by atoms with Crippen LogP contribution in [0, 0.1) is 0 Å². The molecule has 2 atom stereocenters. The van der Waals surface area contributed by atoms with Crippen molar-refractivity contribution in [3.8, 4) is 0 Å². The Balaban J connectivity index is 1.40. The maximum Gasteiger partial charge on any atom is 0.243 e. The Labute approximate surface area is 230 Å². The van der Waals surface area contributed by atoms with E-state index in [4.69, 9.17) is 16.3 Å². The lowest BCUT2D eigenvalue weighted by atomic mass is 10.1. The highest BCUT2D eigenvalue weighted by molar-refractivity contribution is 7.89. The fourth-order valence-electron chi connectivity index (χ4n) is 4.84. The molecular weight excluding hydrogens is 526 g/mol. The molecular formula is C28H36ClN3O5S. The van der Waals surface area contributed by atoms with Gasteiger partial charge in [0.1, 0.15) is 6.04 Å². The number of ether oxygens (including phenoxy) is 1. The van der Waals surface area contributed by atoms with E-state index in [1.54, 1.807) is 48.2 Å². The molecule has 2 amide bonds. The van der Waals surface area contributed by atoms with Crippen LogP contribution in [0.5, 0.6) is 0 Å². The number of carbonyl (C=O) groups excluding carboxylic acids is 2. The van der Waals surface area contributed by atoms with Crippen LogP contribution in [0.1, 0.15) is 50.2 Å². The Bertz CT molecular complexity index is 1190. The lowest BCUT2D eigenvalue weighted by molar-refractivity contribution is -0.140. The van der Waals surface area contributed by atoms with Crippen LogP contribution >= 0.6 is 11.6 Å². The SMILES string of the molecule is C[C@@H](C(=O)NC[C@@H]1CCCO1)N(Cc1ccc(Cl)cc1)C(=O)CCc1ccc(S(=O)(=O)N2CCCC2)cc1. The minimum absolute atomic E-state index is 0.0174. The molecule has 2 aromatic rings. The summed E-state index contributed by atoms with van der Waals surface area (Å²) in [5, 5.41) is 3.53. The topological polar surface area (TPSA) is 96.0 Å². The Morgan fingerprint density at radius 2 is 1.71 bits per heavy atom. The molecule has 2 aromatic carbocycles. The predicted molar refractivity (Wildman–Crippen MR) is 146 cm³/mol. The van der Waals surface area contributed by atoms with Gasteiger partial charge in [0.2, 0.25) is 21.8 Å². The molecule has 206 valence electrons. The first-order valence-electron chi connectivity index (χ1n) is 13.3. The van der Waals surface area contributed by atoms with E-state index in [0.29, 0.717) is 37.7 Å². The fourth-order valence-corrected chi connectivity index (χ4v) is 6.48. The fraction of sp³-hybridized carbons (Fsp3) is 0.500. The zero-order valence-corrected chi connectivity index (χ0v) is 23.3. The van der Waals surface area contributed by atoms with Gasteiger partial charge in [0, 0.05) is 44.2 Å². The largest absolute Gasteiger partial charge is 0.376 e. The van der Waals surface area contributed by atoms with Crippen LogP contribution in [0.15, 0.2) is 53.4 Å². The molecule has 2 saturated heterocycles. The summed E-state index contributed by atoms with van der Waals surface area (Å²) in [4.78, 5) is 28.2. The van der Waals surface area contributed by atoms with Gasteiger partial charge in [-0.3, -0.25) is 9.59 Å². The molecule has 0 spiro atoms. The second-order valence-electron chi connectivity index (χ2n) is 9.96. The predicted octanol–water partition coefficient (Wildman–Crippen LogP) is 3.77. The Morgan fingerprint density at radius 3 is 2.34 bits per heavy atom. The third-order valence-electron chi connectivity index (χ3n) is 7.22. The minimum Gasteiger partial charge on any atom is -0.376 e. The number of amides is 2. The highest BCUT2D eigenvalue weighted by Crippen LogP contribution is 2.22. The van der Waals surface area contributed by atoms with Gasteiger partial charge in [-0.05, 0) is 74.4 Å². The second-order valence-corrected chi connectivity index (χ2v) is 12.3. The first-order chi connectivity index (χ1) is 18.2. The van der Waals surface area contributed by atoms with E-state index in [2.05, 4.69) is 5.32 Å². The number of nitrogens with zero attached hydrogens (tertiary/aromatic N) is 2. The van der Waals surface area contributed by atoms with E-state index >= 15 is 0 Å². The number of sulfonamides is 1. The maximum absolute atomic E-state index is 13.4. The van der Waals surface area contributed by atoms with Crippen LogP contribution < -0.4 is 5.32 Å². The number of aryl methyl sites for hydroxylation is 1. The number of hydrogen-bond donors (Lipinski definition) is 1. The molecule has 0 unspecified atom stereocenters. The molecule has 0 bridgehead atoms. The number of benzene rings is 2. The smallest absolute Gasteiger partial charge is 0.243 e. The van der Waals surface area contributed by atoms with Crippen LogP contribution in [0.4, 0.5) is 0 Å². The molecule has 8 nitrogen and oxygen atoms in total. The molecule has 2 heterocycles. The second kappa shape index (κ2) is 13.1. The average molecular weight is 562 g/mol. The van der Waals surface area contributed by atoms with Crippen LogP contribution in [0.3, 0.4) is 0 Å². The van der Waals surface area contributed by atoms with Crippen LogP contribution in [-0.2, 0) is 37.3 Å². The number of hydrogen-bond acceptors (Lipinski definition) is 5. The van der Waals surface area contributed by atoms with Gasteiger partial charge < -0.3 is 15.0 Å². The van der Waals surface area contributed by atoms with E-state index < -0.39 is 16.1 Å². The van der Waals surface area contributed by atoms with Gasteiger partial charge in [0.05, 0.1) is 11.0 Å². The molecule has 1 N–H and O–H groups in total. The molecule has 0 radical (unpaired) electrons. The summed E-state index contributed by atoms with van der Waals surface area (Å²) in [6.07, 6.45) is 4.32. The van der Waals surface area contributed by atoms with Crippen molar-refractivity contribution in [2.24, 2.45) is 0 Å². The van der Waals surface area contributed by atoms with Crippen molar-refractivity contribution >= 4 is 33.4 Å². The van der Waals surface area contributed by atoms with Crippen LogP contribution in [0.2, 0.25) is 5.02 Å². The van der Waals surface area contributed by atoms with E-state index in [1.165, 1.54) is 4.31 Å². The minimum atomic E-state index is -3.48. The lowest BCUT2D eigenvalue weighted by Crippen LogP contribution is -2.49. The first-order valence-corrected chi connectivity index (χ1v) is 15.1. The van der Waals surface area contributed by atoms with Gasteiger partial charge in [-0.25, -0.2) is 8.42 Å². The summed E-state index contributed by atoms with van der Waals surface area (Å²) in [7, 11) is -3.48. The third kappa shape index (κ3) is 7.34. The zero-order valence-electron chi connectivity index (χ0n) is 21.8. The quantitative estimate of drug-likeness (QED) is 0.450. The van der Waals surface area contributed by atoms with Crippen molar-refractivity contribution in [3.05, 3.63) is 64.7 Å². The van der Waals surface area contributed by atoms with Crippen molar-refractivity contribution in [1.82, 2.24) is 14.5 Å². The van der Waals surface area contributed by atoms with E-state index in [-0.39, 0.29) is 35.8 Å². The van der Waals surface area contributed by atoms with Gasteiger partial charge >= 0.3 is 0 Å². The Kier molecular flexibility index (Phi) is 9.81. The number of halogens is 1.